The summed E-state index contributed by atoms with van der Waals surface area (Å²) in [5, 5.41) is 10.5. The van der Waals surface area contributed by atoms with E-state index < -0.39 is 97.5 Å². The number of rotatable bonds is 61. The van der Waals surface area contributed by atoms with Gasteiger partial charge < -0.3 is 33.8 Å². The van der Waals surface area contributed by atoms with E-state index in [0.29, 0.717) is 25.7 Å². The van der Waals surface area contributed by atoms with Gasteiger partial charge in [-0.15, -0.1) is 0 Å². The fraction of sp³-hybridized carbons (Fsp3) is 0.933. The fourth-order valence-corrected chi connectivity index (χ4v) is 10.5. The van der Waals surface area contributed by atoms with E-state index in [9.17, 15) is 43.2 Å². The highest BCUT2D eigenvalue weighted by molar-refractivity contribution is 7.47. The summed E-state index contributed by atoms with van der Waals surface area (Å²) in [5.41, 5.74) is 0. The molecule has 468 valence electrons. The summed E-state index contributed by atoms with van der Waals surface area (Å²) in [6, 6.07) is 0. The van der Waals surface area contributed by atoms with Gasteiger partial charge in [0, 0.05) is 25.7 Å². The van der Waals surface area contributed by atoms with Gasteiger partial charge in [0.1, 0.15) is 19.3 Å². The maximum absolute atomic E-state index is 12.9. The Hall–Kier alpha value is -1.94. The SMILES string of the molecule is CCCCCCCCCCCCCCCCCC(=O)O[C@H](COC(=O)CCCCCCC)COP(=O)(O)OC[C@@H](O)COP(=O)(O)OC[C@@H](COC(=O)CCCCCCCCCCCC)OC(=O)CCCCCCCCCCC. The minimum atomic E-state index is -4.93. The lowest BCUT2D eigenvalue weighted by atomic mass is 10.0. The highest BCUT2D eigenvalue weighted by Crippen LogP contribution is 2.45. The summed E-state index contributed by atoms with van der Waals surface area (Å²) >= 11 is 0. The second-order valence-corrected chi connectivity index (χ2v) is 24.6. The van der Waals surface area contributed by atoms with Crippen LogP contribution in [0.2, 0.25) is 0 Å². The zero-order valence-corrected chi connectivity index (χ0v) is 52.1. The highest BCUT2D eigenvalue weighted by Gasteiger charge is 2.30. The molecule has 2 unspecified atom stereocenters. The number of unbranched alkanes of at least 4 members (excludes halogenated alkanes) is 35. The lowest BCUT2D eigenvalue weighted by molar-refractivity contribution is -0.161. The Morgan fingerprint density at radius 3 is 0.747 bits per heavy atom. The molecule has 0 aromatic rings. The van der Waals surface area contributed by atoms with E-state index in [2.05, 4.69) is 27.7 Å². The Morgan fingerprint density at radius 1 is 0.304 bits per heavy atom. The van der Waals surface area contributed by atoms with Crippen LogP contribution in [0.1, 0.15) is 304 Å². The average molecular weight is 1170 g/mol. The number of aliphatic hydroxyl groups is 1. The van der Waals surface area contributed by atoms with Crippen LogP contribution in [0.3, 0.4) is 0 Å². The van der Waals surface area contributed by atoms with Crippen molar-refractivity contribution in [2.24, 2.45) is 0 Å². The van der Waals surface area contributed by atoms with Crippen LogP contribution in [-0.4, -0.2) is 96.7 Å². The number of hydrogen-bond donors (Lipinski definition) is 3. The Kier molecular flexibility index (Phi) is 53.9. The Balaban J connectivity index is 5.12. The van der Waals surface area contributed by atoms with Crippen LogP contribution in [0.5, 0.6) is 0 Å². The zero-order valence-electron chi connectivity index (χ0n) is 50.3. The van der Waals surface area contributed by atoms with Crippen molar-refractivity contribution in [2.45, 2.75) is 322 Å². The minimum Gasteiger partial charge on any atom is -0.462 e. The Labute approximate surface area is 479 Å². The number of phosphoric acid groups is 2. The molecule has 0 spiro atoms. The van der Waals surface area contributed by atoms with Crippen molar-refractivity contribution in [3.8, 4) is 0 Å². The lowest BCUT2D eigenvalue weighted by Gasteiger charge is -2.21. The van der Waals surface area contributed by atoms with Crippen molar-refractivity contribution in [1.82, 2.24) is 0 Å². The van der Waals surface area contributed by atoms with Crippen molar-refractivity contribution in [3.05, 3.63) is 0 Å². The average Bonchev–Trinajstić information content (AvgIpc) is 3.42. The maximum Gasteiger partial charge on any atom is 0.472 e. The van der Waals surface area contributed by atoms with Crippen molar-refractivity contribution in [2.75, 3.05) is 39.6 Å². The van der Waals surface area contributed by atoms with Crippen molar-refractivity contribution < 1.29 is 80.2 Å². The molecular weight excluding hydrogens is 1050 g/mol. The second kappa shape index (κ2) is 55.3. The first-order valence-corrected chi connectivity index (χ1v) is 34.8. The molecule has 79 heavy (non-hydrogen) atoms. The number of carbonyl (C=O) groups is 4. The van der Waals surface area contributed by atoms with Gasteiger partial charge in [0.15, 0.2) is 12.2 Å². The molecule has 0 fully saturated rings. The highest BCUT2D eigenvalue weighted by atomic mass is 31.2. The number of hydrogen-bond acceptors (Lipinski definition) is 15. The van der Waals surface area contributed by atoms with E-state index in [4.69, 9.17) is 37.0 Å². The van der Waals surface area contributed by atoms with E-state index in [1.807, 2.05) is 0 Å². The van der Waals surface area contributed by atoms with Crippen LogP contribution in [0, 0.1) is 0 Å². The van der Waals surface area contributed by atoms with Crippen LogP contribution in [-0.2, 0) is 65.4 Å². The smallest absolute Gasteiger partial charge is 0.462 e. The molecule has 3 N–H and O–H groups in total. The molecule has 0 saturated carbocycles. The molecule has 0 radical (unpaired) electrons. The van der Waals surface area contributed by atoms with Crippen molar-refractivity contribution in [3.63, 3.8) is 0 Å². The summed E-state index contributed by atoms with van der Waals surface area (Å²) in [6.45, 7) is 4.76. The molecule has 17 nitrogen and oxygen atoms in total. The number of phosphoric ester groups is 2. The minimum absolute atomic E-state index is 0.106. The summed E-state index contributed by atoms with van der Waals surface area (Å²) in [6.07, 6.45) is 39.2. The molecule has 0 heterocycles. The van der Waals surface area contributed by atoms with Gasteiger partial charge >= 0.3 is 39.5 Å². The number of esters is 4. The second-order valence-electron chi connectivity index (χ2n) is 21.7. The summed E-state index contributed by atoms with van der Waals surface area (Å²) in [5.74, 6) is -2.15. The third kappa shape index (κ3) is 55.0. The van der Waals surface area contributed by atoms with Gasteiger partial charge in [-0.2, -0.15) is 0 Å². The third-order valence-electron chi connectivity index (χ3n) is 13.9. The molecule has 0 amide bonds. The largest absolute Gasteiger partial charge is 0.472 e. The molecule has 0 aromatic heterocycles. The molecule has 19 heteroatoms. The number of ether oxygens (including phenoxy) is 4. The third-order valence-corrected chi connectivity index (χ3v) is 15.8. The van der Waals surface area contributed by atoms with Gasteiger partial charge in [0.25, 0.3) is 0 Å². The maximum atomic E-state index is 12.9. The molecule has 0 aliphatic rings. The molecule has 0 bridgehead atoms. The van der Waals surface area contributed by atoms with Gasteiger partial charge in [-0.05, 0) is 25.7 Å². The van der Waals surface area contributed by atoms with Crippen molar-refractivity contribution in [1.29, 1.82) is 0 Å². The van der Waals surface area contributed by atoms with Crippen LogP contribution in [0.4, 0.5) is 0 Å². The van der Waals surface area contributed by atoms with Gasteiger partial charge in [-0.25, -0.2) is 9.13 Å². The number of carbonyl (C=O) groups excluding carboxylic acids is 4. The molecule has 0 aliphatic heterocycles. The molecule has 5 atom stereocenters. The molecular formula is C60H116O17P2. The van der Waals surface area contributed by atoms with Crippen LogP contribution >= 0.6 is 15.6 Å². The predicted molar refractivity (Wildman–Crippen MR) is 312 cm³/mol. The summed E-state index contributed by atoms with van der Waals surface area (Å²) in [4.78, 5) is 71.7. The van der Waals surface area contributed by atoms with Crippen LogP contribution in [0.25, 0.3) is 0 Å². The Bertz CT molecular complexity index is 1540. The van der Waals surface area contributed by atoms with Crippen LogP contribution < -0.4 is 0 Å². The monoisotopic (exact) mass is 1170 g/mol. The Morgan fingerprint density at radius 2 is 0.506 bits per heavy atom. The van der Waals surface area contributed by atoms with E-state index in [0.717, 1.165) is 96.3 Å². The standard InChI is InChI=1S/C60H116O17P2/c1-5-9-13-17-20-23-25-26-27-28-29-32-35-39-43-47-60(65)76-55(50-70-57(62)44-40-36-16-12-8-4)52-74-78(66,67)72-48-54(61)49-73-79(68,69)75-53-56(77-59(64)46-42-38-34-30-22-19-15-11-7-3)51-71-58(63)45-41-37-33-31-24-21-18-14-10-6-2/h54-56,61H,5-53H2,1-4H3,(H,66,67)(H,68,69)/t54-,55-,56-/m1/s1. The molecule has 0 aliphatic carbocycles. The topological polar surface area (TPSA) is 237 Å². The van der Waals surface area contributed by atoms with Gasteiger partial charge in [-0.1, -0.05) is 252 Å². The normalized spacial score (nSPS) is 14.3. The van der Waals surface area contributed by atoms with Gasteiger partial charge in [-0.3, -0.25) is 37.3 Å². The van der Waals surface area contributed by atoms with Gasteiger partial charge in [0.2, 0.25) is 0 Å². The predicted octanol–water partition coefficient (Wildman–Crippen LogP) is 16.4. The van der Waals surface area contributed by atoms with E-state index in [-0.39, 0.29) is 25.7 Å². The lowest BCUT2D eigenvalue weighted by Crippen LogP contribution is -2.30. The zero-order chi connectivity index (χ0) is 58.3. The first-order chi connectivity index (χ1) is 38.2. The molecule has 0 aromatic carbocycles. The van der Waals surface area contributed by atoms with E-state index in [1.54, 1.807) is 0 Å². The first kappa shape index (κ1) is 77.1. The summed E-state index contributed by atoms with van der Waals surface area (Å²) < 4.78 is 67.6. The van der Waals surface area contributed by atoms with Crippen LogP contribution in [0.15, 0.2) is 0 Å². The molecule has 0 saturated heterocycles. The summed E-state index contributed by atoms with van der Waals surface area (Å²) in [7, 11) is -9.86. The fourth-order valence-electron chi connectivity index (χ4n) is 8.93. The van der Waals surface area contributed by atoms with Gasteiger partial charge in [0.05, 0.1) is 26.4 Å². The van der Waals surface area contributed by atoms with E-state index >= 15 is 0 Å². The first-order valence-electron chi connectivity index (χ1n) is 31.8. The number of aliphatic hydroxyl groups excluding tert-OH is 1. The van der Waals surface area contributed by atoms with Crippen molar-refractivity contribution >= 4 is 39.5 Å². The quantitative estimate of drug-likeness (QED) is 0.0222. The van der Waals surface area contributed by atoms with E-state index in [1.165, 1.54) is 128 Å². The molecule has 0 rings (SSSR count).